The zero-order valence-corrected chi connectivity index (χ0v) is 20.3. The molecule has 1 aromatic carbocycles. The fourth-order valence-electron chi connectivity index (χ4n) is 3.19. The SMILES string of the molecule is CC(O)C(NC(=O)C(N)Cc1cnc[nH]1)C(=O)NC(Cc1ccc(O)cc1)C(=O)NC(CS)C(=O)O. The molecule has 0 saturated carbocycles. The van der Waals surface area contributed by atoms with E-state index in [9.17, 15) is 34.5 Å². The number of carbonyl (C=O) groups is 4. The van der Waals surface area contributed by atoms with Crippen molar-refractivity contribution in [2.45, 2.75) is 50.0 Å². The van der Waals surface area contributed by atoms with E-state index in [1.54, 1.807) is 0 Å². The van der Waals surface area contributed by atoms with Crippen molar-refractivity contribution < 1.29 is 34.5 Å². The molecule has 0 fully saturated rings. The van der Waals surface area contributed by atoms with E-state index in [2.05, 4.69) is 38.5 Å². The Morgan fingerprint density at radius 2 is 1.67 bits per heavy atom. The standard InChI is InChI=1S/C22H30N6O7S/c1-11(29)18(28-19(31)15(23)7-13-8-24-10-25-13)21(33)26-16(6-12-2-4-14(30)5-3-12)20(32)27-17(9-36)22(34)35/h2-5,8,10-11,15-18,29-30,36H,6-7,9,23H2,1H3,(H,24,25)(H,26,33)(H,27,32)(H,28,31)(H,34,35). The number of aliphatic hydroxyl groups excluding tert-OH is 1. The summed E-state index contributed by atoms with van der Waals surface area (Å²) in [6.45, 7) is 1.28. The number of hydrogen-bond donors (Lipinski definition) is 9. The lowest BCUT2D eigenvalue weighted by atomic mass is 10.0. The summed E-state index contributed by atoms with van der Waals surface area (Å²) in [6.07, 6.45) is 1.60. The highest BCUT2D eigenvalue weighted by molar-refractivity contribution is 7.80. The first-order valence-electron chi connectivity index (χ1n) is 10.9. The number of carboxylic acids is 1. The number of nitrogens with zero attached hydrogens (tertiary/aromatic N) is 1. The van der Waals surface area contributed by atoms with Gasteiger partial charge < -0.3 is 42.0 Å². The third kappa shape index (κ3) is 8.55. The molecule has 196 valence electrons. The van der Waals surface area contributed by atoms with Crippen LogP contribution in [0.3, 0.4) is 0 Å². The minimum Gasteiger partial charge on any atom is -0.508 e. The number of aromatic hydroxyl groups is 1. The number of aliphatic hydroxyl groups is 1. The first-order chi connectivity index (χ1) is 17.0. The first-order valence-corrected chi connectivity index (χ1v) is 11.6. The molecule has 0 radical (unpaired) electrons. The fourth-order valence-corrected chi connectivity index (χ4v) is 3.44. The van der Waals surface area contributed by atoms with Crippen LogP contribution in [0.4, 0.5) is 0 Å². The third-order valence-corrected chi connectivity index (χ3v) is 5.57. The summed E-state index contributed by atoms with van der Waals surface area (Å²) in [5, 5.41) is 36.0. The monoisotopic (exact) mass is 522 g/mol. The second kappa shape index (κ2) is 13.5. The van der Waals surface area contributed by atoms with Crippen LogP contribution in [0, 0.1) is 0 Å². The van der Waals surface area contributed by atoms with Crippen molar-refractivity contribution in [2.75, 3.05) is 5.75 Å². The first kappa shape index (κ1) is 28.6. The highest BCUT2D eigenvalue weighted by atomic mass is 32.1. The van der Waals surface area contributed by atoms with Crippen LogP contribution in [0.5, 0.6) is 5.75 Å². The molecular formula is C22H30N6O7S. The second-order valence-corrected chi connectivity index (χ2v) is 8.49. The summed E-state index contributed by atoms with van der Waals surface area (Å²) in [5.74, 6) is -3.93. The van der Waals surface area contributed by atoms with Crippen molar-refractivity contribution >= 4 is 36.3 Å². The summed E-state index contributed by atoms with van der Waals surface area (Å²) in [7, 11) is 0. The van der Waals surface area contributed by atoms with Crippen LogP contribution in [0.1, 0.15) is 18.2 Å². The number of aromatic nitrogens is 2. The minimum absolute atomic E-state index is 0.00634. The summed E-state index contributed by atoms with van der Waals surface area (Å²) in [6, 6.07) is 0.727. The molecule has 1 heterocycles. The number of benzene rings is 1. The van der Waals surface area contributed by atoms with E-state index in [0.29, 0.717) is 11.3 Å². The summed E-state index contributed by atoms with van der Waals surface area (Å²) in [4.78, 5) is 56.4. The Bertz CT molecular complexity index is 1030. The van der Waals surface area contributed by atoms with Gasteiger partial charge in [0.2, 0.25) is 17.7 Å². The molecule has 0 spiro atoms. The molecule has 5 unspecified atom stereocenters. The molecule has 0 aliphatic rings. The van der Waals surface area contributed by atoms with E-state index in [1.807, 2.05) is 0 Å². The molecule has 3 amide bonds. The number of hydrogen-bond acceptors (Lipinski definition) is 9. The summed E-state index contributed by atoms with van der Waals surface area (Å²) in [5.41, 5.74) is 7.04. The molecule has 0 aliphatic carbocycles. The Morgan fingerprint density at radius 1 is 1.03 bits per heavy atom. The van der Waals surface area contributed by atoms with Gasteiger partial charge in [-0.15, -0.1) is 0 Å². The average Bonchev–Trinajstić information content (AvgIpc) is 3.33. The van der Waals surface area contributed by atoms with Gasteiger partial charge >= 0.3 is 5.97 Å². The zero-order valence-electron chi connectivity index (χ0n) is 19.4. The van der Waals surface area contributed by atoms with Crippen LogP contribution in [0.25, 0.3) is 0 Å². The molecule has 1 aromatic heterocycles. The van der Waals surface area contributed by atoms with E-state index in [4.69, 9.17) is 5.73 Å². The van der Waals surface area contributed by atoms with Gasteiger partial charge in [-0.2, -0.15) is 12.6 Å². The topological polar surface area (TPSA) is 220 Å². The van der Waals surface area contributed by atoms with Crippen LogP contribution in [0.15, 0.2) is 36.8 Å². The Balaban J connectivity index is 2.17. The molecule has 2 aromatic rings. The number of H-pyrrole nitrogens is 1. The Labute approximate surface area is 212 Å². The summed E-state index contributed by atoms with van der Waals surface area (Å²) >= 11 is 3.92. The van der Waals surface area contributed by atoms with Crippen LogP contribution in [0.2, 0.25) is 0 Å². The number of carboxylic acid groups (broad SMARTS) is 1. The number of carbonyl (C=O) groups excluding carboxylic acids is 3. The number of phenolic OH excluding ortho intramolecular Hbond substituents is 1. The molecule has 13 nitrogen and oxygen atoms in total. The van der Waals surface area contributed by atoms with Crippen LogP contribution in [-0.4, -0.2) is 85.0 Å². The van der Waals surface area contributed by atoms with Gasteiger partial charge in [0, 0.05) is 30.5 Å². The average molecular weight is 523 g/mol. The molecule has 2 rings (SSSR count). The van der Waals surface area contributed by atoms with Crippen molar-refractivity contribution in [2.24, 2.45) is 5.73 Å². The van der Waals surface area contributed by atoms with Gasteiger partial charge in [0.1, 0.15) is 23.9 Å². The van der Waals surface area contributed by atoms with Gasteiger partial charge in [-0.3, -0.25) is 14.4 Å². The minimum atomic E-state index is -1.46. The molecule has 14 heteroatoms. The fraction of sp³-hybridized carbons (Fsp3) is 0.409. The maximum absolute atomic E-state index is 13.0. The highest BCUT2D eigenvalue weighted by Gasteiger charge is 2.32. The number of aliphatic carboxylic acids is 1. The molecule has 0 saturated heterocycles. The number of thiol groups is 1. The van der Waals surface area contributed by atoms with E-state index < -0.39 is 54.0 Å². The Morgan fingerprint density at radius 3 is 2.19 bits per heavy atom. The van der Waals surface area contributed by atoms with Gasteiger partial charge in [-0.1, -0.05) is 12.1 Å². The Hall–Kier alpha value is -3.62. The van der Waals surface area contributed by atoms with Crippen LogP contribution in [-0.2, 0) is 32.0 Å². The number of aromatic amines is 1. The van der Waals surface area contributed by atoms with Crippen molar-refractivity contribution in [1.82, 2.24) is 25.9 Å². The third-order valence-electron chi connectivity index (χ3n) is 5.20. The van der Waals surface area contributed by atoms with Gasteiger partial charge in [-0.05, 0) is 24.6 Å². The van der Waals surface area contributed by atoms with Crippen LogP contribution >= 0.6 is 12.6 Å². The smallest absolute Gasteiger partial charge is 0.327 e. The van der Waals surface area contributed by atoms with Crippen molar-refractivity contribution in [3.05, 3.63) is 48.0 Å². The largest absolute Gasteiger partial charge is 0.508 e. The number of rotatable bonds is 13. The second-order valence-electron chi connectivity index (χ2n) is 8.13. The van der Waals surface area contributed by atoms with E-state index in [-0.39, 0.29) is 24.3 Å². The normalized spacial score (nSPS) is 15.1. The lowest BCUT2D eigenvalue weighted by molar-refractivity contribution is -0.141. The molecular weight excluding hydrogens is 492 g/mol. The van der Waals surface area contributed by atoms with Gasteiger partial charge in [0.25, 0.3) is 0 Å². The number of nitrogens with two attached hydrogens (primary N) is 1. The van der Waals surface area contributed by atoms with Crippen LogP contribution < -0.4 is 21.7 Å². The number of nitrogens with one attached hydrogen (secondary N) is 4. The van der Waals surface area contributed by atoms with Gasteiger partial charge in [0.05, 0.1) is 18.5 Å². The molecule has 0 aliphatic heterocycles. The molecule has 9 N–H and O–H groups in total. The lowest BCUT2D eigenvalue weighted by Crippen LogP contribution is -2.60. The highest BCUT2D eigenvalue weighted by Crippen LogP contribution is 2.12. The maximum Gasteiger partial charge on any atom is 0.327 e. The lowest BCUT2D eigenvalue weighted by Gasteiger charge is -2.26. The van der Waals surface area contributed by atoms with Crippen molar-refractivity contribution in [1.29, 1.82) is 0 Å². The maximum atomic E-state index is 13.0. The van der Waals surface area contributed by atoms with Gasteiger partial charge in [-0.25, -0.2) is 9.78 Å². The number of phenols is 1. The zero-order chi connectivity index (χ0) is 26.8. The van der Waals surface area contributed by atoms with E-state index in [0.717, 1.165) is 0 Å². The predicted octanol–water partition coefficient (Wildman–Crippen LogP) is -1.92. The van der Waals surface area contributed by atoms with Crippen molar-refractivity contribution in [3.63, 3.8) is 0 Å². The number of imidazole rings is 1. The Kier molecular flexibility index (Phi) is 10.7. The summed E-state index contributed by atoms with van der Waals surface area (Å²) < 4.78 is 0. The van der Waals surface area contributed by atoms with Crippen molar-refractivity contribution in [3.8, 4) is 5.75 Å². The molecule has 0 bridgehead atoms. The van der Waals surface area contributed by atoms with Gasteiger partial charge in [0.15, 0.2) is 0 Å². The number of amides is 3. The quantitative estimate of drug-likeness (QED) is 0.134. The predicted molar refractivity (Wildman–Crippen MR) is 131 cm³/mol. The van der Waals surface area contributed by atoms with E-state index in [1.165, 1.54) is 43.7 Å². The van der Waals surface area contributed by atoms with E-state index >= 15 is 0 Å². The molecule has 36 heavy (non-hydrogen) atoms. The molecule has 5 atom stereocenters.